The van der Waals surface area contributed by atoms with Crippen molar-refractivity contribution < 1.29 is 10.2 Å². The number of hydrogen-bond donors (Lipinski definition) is 2. The second-order valence-corrected chi connectivity index (χ2v) is 3.99. The van der Waals surface area contributed by atoms with Gasteiger partial charge >= 0.3 is 0 Å². The first-order valence-electron chi connectivity index (χ1n) is 5.01. The van der Waals surface area contributed by atoms with Crippen molar-refractivity contribution in [1.29, 1.82) is 0 Å². The standard InChI is InChI=1S/C11H16O2/c12-11(13)10-6-5-8-3-1-2-4-9(8)7-10/h1,3,10-13H,2,4-7H2. The molecule has 0 radical (unpaired) electrons. The molecule has 0 aromatic heterocycles. The maximum Gasteiger partial charge on any atom is 0.154 e. The Labute approximate surface area is 78.6 Å². The van der Waals surface area contributed by atoms with Crippen molar-refractivity contribution >= 4 is 0 Å². The lowest BCUT2D eigenvalue weighted by Gasteiger charge is -2.28. The molecule has 1 unspecified atom stereocenters. The third-order valence-electron chi connectivity index (χ3n) is 3.10. The van der Waals surface area contributed by atoms with Gasteiger partial charge in [0, 0.05) is 5.92 Å². The van der Waals surface area contributed by atoms with Crippen LogP contribution in [0.25, 0.3) is 0 Å². The summed E-state index contributed by atoms with van der Waals surface area (Å²) in [5.74, 6) is 0.0743. The number of rotatable bonds is 1. The Morgan fingerprint density at radius 3 is 2.92 bits per heavy atom. The van der Waals surface area contributed by atoms with Gasteiger partial charge in [0.25, 0.3) is 0 Å². The second-order valence-electron chi connectivity index (χ2n) is 3.99. The Morgan fingerprint density at radius 2 is 2.15 bits per heavy atom. The summed E-state index contributed by atoms with van der Waals surface area (Å²) < 4.78 is 0. The van der Waals surface area contributed by atoms with Gasteiger partial charge in [0.05, 0.1) is 0 Å². The third kappa shape index (κ3) is 1.84. The molecule has 0 fully saturated rings. The smallest absolute Gasteiger partial charge is 0.154 e. The van der Waals surface area contributed by atoms with Crippen LogP contribution in [0.4, 0.5) is 0 Å². The molecule has 0 aliphatic heterocycles. The van der Waals surface area contributed by atoms with Gasteiger partial charge in [-0.25, -0.2) is 0 Å². The van der Waals surface area contributed by atoms with Crippen LogP contribution in [-0.4, -0.2) is 16.5 Å². The second kappa shape index (κ2) is 3.64. The van der Waals surface area contributed by atoms with E-state index in [1.54, 1.807) is 0 Å². The molecule has 1 atom stereocenters. The minimum absolute atomic E-state index is 0.0743. The van der Waals surface area contributed by atoms with E-state index >= 15 is 0 Å². The monoisotopic (exact) mass is 180 g/mol. The first-order chi connectivity index (χ1) is 6.27. The molecule has 0 aromatic rings. The van der Waals surface area contributed by atoms with Gasteiger partial charge in [-0.15, -0.1) is 0 Å². The van der Waals surface area contributed by atoms with E-state index in [2.05, 4.69) is 12.2 Å². The van der Waals surface area contributed by atoms with Crippen molar-refractivity contribution in [3.8, 4) is 0 Å². The van der Waals surface area contributed by atoms with Crippen LogP contribution >= 0.6 is 0 Å². The molecule has 0 heterocycles. The quantitative estimate of drug-likeness (QED) is 0.603. The average Bonchev–Trinajstić information content (AvgIpc) is 2.17. The highest BCUT2D eigenvalue weighted by molar-refractivity contribution is 5.31. The van der Waals surface area contributed by atoms with E-state index in [-0.39, 0.29) is 5.92 Å². The highest BCUT2D eigenvalue weighted by Gasteiger charge is 2.24. The minimum atomic E-state index is -1.13. The molecule has 2 heteroatoms. The maximum absolute atomic E-state index is 9.08. The van der Waals surface area contributed by atoms with Crippen molar-refractivity contribution in [3.63, 3.8) is 0 Å². The lowest BCUT2D eigenvalue weighted by atomic mass is 9.80. The Morgan fingerprint density at radius 1 is 1.31 bits per heavy atom. The van der Waals surface area contributed by atoms with Gasteiger partial charge in [-0.2, -0.15) is 0 Å². The fourth-order valence-electron chi connectivity index (χ4n) is 2.27. The molecule has 2 rings (SSSR count). The van der Waals surface area contributed by atoms with E-state index < -0.39 is 6.29 Å². The molecular formula is C11H16O2. The fraction of sp³-hybridized carbons (Fsp3) is 0.636. The first kappa shape index (κ1) is 8.97. The minimum Gasteiger partial charge on any atom is -0.368 e. The highest BCUT2D eigenvalue weighted by Crippen LogP contribution is 2.35. The molecule has 0 bridgehead atoms. The Hall–Kier alpha value is -0.600. The summed E-state index contributed by atoms with van der Waals surface area (Å²) in [5, 5.41) is 18.2. The van der Waals surface area contributed by atoms with Crippen LogP contribution in [0.15, 0.2) is 23.3 Å². The van der Waals surface area contributed by atoms with Gasteiger partial charge in [0.15, 0.2) is 6.29 Å². The molecule has 2 nitrogen and oxygen atoms in total. The molecule has 2 aliphatic carbocycles. The van der Waals surface area contributed by atoms with Crippen LogP contribution in [-0.2, 0) is 0 Å². The topological polar surface area (TPSA) is 40.5 Å². The summed E-state index contributed by atoms with van der Waals surface area (Å²) in [7, 11) is 0. The van der Waals surface area contributed by atoms with Crippen LogP contribution in [0.1, 0.15) is 32.1 Å². The number of aliphatic hydroxyl groups is 2. The Kier molecular flexibility index (Phi) is 2.51. The van der Waals surface area contributed by atoms with Crippen molar-refractivity contribution in [1.82, 2.24) is 0 Å². The number of aliphatic hydroxyl groups excluding tert-OH is 1. The summed E-state index contributed by atoms with van der Waals surface area (Å²) in [6, 6.07) is 0. The van der Waals surface area contributed by atoms with Crippen molar-refractivity contribution in [2.45, 2.75) is 38.4 Å². The van der Waals surface area contributed by atoms with Crippen LogP contribution < -0.4 is 0 Å². The number of hydrogen-bond acceptors (Lipinski definition) is 2. The van der Waals surface area contributed by atoms with Gasteiger partial charge in [-0.1, -0.05) is 17.7 Å². The van der Waals surface area contributed by atoms with Crippen LogP contribution in [0.2, 0.25) is 0 Å². The van der Waals surface area contributed by atoms with E-state index in [1.165, 1.54) is 11.1 Å². The van der Waals surface area contributed by atoms with Gasteiger partial charge in [0.2, 0.25) is 0 Å². The van der Waals surface area contributed by atoms with E-state index in [9.17, 15) is 0 Å². The van der Waals surface area contributed by atoms with Crippen molar-refractivity contribution in [2.75, 3.05) is 0 Å². The Balaban J connectivity index is 2.10. The molecule has 72 valence electrons. The Bertz CT molecular complexity index is 251. The maximum atomic E-state index is 9.08. The molecule has 2 aliphatic rings. The van der Waals surface area contributed by atoms with E-state index in [1.807, 2.05) is 0 Å². The van der Waals surface area contributed by atoms with Crippen molar-refractivity contribution in [3.05, 3.63) is 23.3 Å². The van der Waals surface area contributed by atoms with E-state index in [0.29, 0.717) is 0 Å². The molecule has 13 heavy (non-hydrogen) atoms. The molecular weight excluding hydrogens is 164 g/mol. The summed E-state index contributed by atoms with van der Waals surface area (Å²) in [5.41, 5.74) is 2.90. The average molecular weight is 180 g/mol. The first-order valence-corrected chi connectivity index (χ1v) is 5.01. The molecule has 0 saturated heterocycles. The van der Waals surface area contributed by atoms with Crippen LogP contribution in [0, 0.1) is 5.92 Å². The molecule has 0 saturated carbocycles. The lowest BCUT2D eigenvalue weighted by Crippen LogP contribution is -2.23. The lowest BCUT2D eigenvalue weighted by molar-refractivity contribution is -0.0868. The highest BCUT2D eigenvalue weighted by atomic mass is 16.5. The molecule has 0 spiro atoms. The molecule has 2 N–H and O–H groups in total. The normalized spacial score (nSPS) is 28.1. The summed E-state index contributed by atoms with van der Waals surface area (Å²) >= 11 is 0. The zero-order valence-electron chi connectivity index (χ0n) is 7.74. The zero-order chi connectivity index (χ0) is 9.26. The summed E-state index contributed by atoms with van der Waals surface area (Å²) in [4.78, 5) is 0. The van der Waals surface area contributed by atoms with Gasteiger partial charge in [0.1, 0.15) is 0 Å². The SMILES string of the molecule is OC(O)C1CCC2=C(CCC=C2)C1. The van der Waals surface area contributed by atoms with Crippen molar-refractivity contribution in [2.24, 2.45) is 5.92 Å². The fourth-order valence-corrected chi connectivity index (χ4v) is 2.27. The molecule has 0 aromatic carbocycles. The molecule has 0 amide bonds. The van der Waals surface area contributed by atoms with Crippen LogP contribution in [0.3, 0.4) is 0 Å². The summed E-state index contributed by atoms with van der Waals surface area (Å²) in [6.45, 7) is 0. The van der Waals surface area contributed by atoms with Gasteiger partial charge in [-0.05, 0) is 37.7 Å². The van der Waals surface area contributed by atoms with E-state index in [4.69, 9.17) is 10.2 Å². The van der Waals surface area contributed by atoms with Gasteiger partial charge < -0.3 is 10.2 Å². The number of allylic oxidation sites excluding steroid dienone is 4. The summed E-state index contributed by atoms with van der Waals surface area (Å²) in [6.07, 6.45) is 8.36. The predicted molar refractivity (Wildman–Crippen MR) is 51.0 cm³/mol. The van der Waals surface area contributed by atoms with Gasteiger partial charge in [-0.3, -0.25) is 0 Å². The van der Waals surface area contributed by atoms with E-state index in [0.717, 1.165) is 32.1 Å². The largest absolute Gasteiger partial charge is 0.368 e. The van der Waals surface area contributed by atoms with Crippen LogP contribution in [0.5, 0.6) is 0 Å². The zero-order valence-corrected chi connectivity index (χ0v) is 7.74. The third-order valence-corrected chi connectivity index (χ3v) is 3.10. The predicted octanol–water partition coefficient (Wildman–Crippen LogP) is 1.74.